The Balaban J connectivity index is 1.56. The van der Waals surface area contributed by atoms with Crippen molar-refractivity contribution in [3.05, 3.63) is 76.3 Å². The first-order chi connectivity index (χ1) is 19.3. The summed E-state index contributed by atoms with van der Waals surface area (Å²) in [6.07, 6.45) is 5.12. The number of anilines is 1. The number of fused-ring (bicyclic) bond motifs is 1. The van der Waals surface area contributed by atoms with Gasteiger partial charge < -0.3 is 25.2 Å². The zero-order valence-corrected chi connectivity index (χ0v) is 22.4. The third-order valence-corrected chi connectivity index (χ3v) is 6.75. The standard InChI is InChI=1S/C28H33N5O7/c1-3-39-28-21(8-6-14-34)22(23-17-32(18(2)35)24-9-5-4-7-20(23)24)15-25(40-28)27(36)30-13-12-29-26-11-10-19(16-31-26)33(37)38/h4-5,7,9-11,15-17,21-22,28,34H,3,6,8,12-14H2,1-2H3,(H,29,31)(H,30,36)/t21-,22+,28-/m1/s1. The Morgan fingerprint density at radius 3 is 2.70 bits per heavy atom. The Kier molecular flexibility index (Phi) is 9.46. The van der Waals surface area contributed by atoms with E-state index < -0.39 is 17.1 Å². The lowest BCUT2D eigenvalue weighted by molar-refractivity contribution is -0.385. The normalized spacial score (nSPS) is 18.6. The largest absolute Gasteiger partial charge is 0.459 e. The maximum Gasteiger partial charge on any atom is 0.287 e. The van der Waals surface area contributed by atoms with Gasteiger partial charge in [0.05, 0.1) is 10.4 Å². The van der Waals surface area contributed by atoms with Crippen molar-refractivity contribution in [2.24, 2.45) is 5.92 Å². The zero-order valence-electron chi connectivity index (χ0n) is 22.4. The van der Waals surface area contributed by atoms with E-state index in [9.17, 15) is 24.8 Å². The molecule has 3 aromatic rings. The number of nitro groups is 1. The molecule has 12 nitrogen and oxygen atoms in total. The molecule has 3 atom stereocenters. The minimum absolute atomic E-state index is 0.00491. The first kappa shape index (κ1) is 28.7. The van der Waals surface area contributed by atoms with Gasteiger partial charge in [0.2, 0.25) is 12.2 Å². The molecule has 0 unspecified atom stereocenters. The van der Waals surface area contributed by atoms with E-state index in [-0.39, 0.29) is 42.3 Å². The number of aliphatic hydroxyl groups excluding tert-OH is 1. The molecule has 0 saturated heterocycles. The topological polar surface area (TPSA) is 158 Å². The summed E-state index contributed by atoms with van der Waals surface area (Å²) < 4.78 is 13.6. The number of carbonyl (C=O) groups is 2. The molecule has 0 bridgehead atoms. The number of allylic oxidation sites excluding steroid dienone is 1. The molecule has 40 heavy (non-hydrogen) atoms. The monoisotopic (exact) mass is 551 g/mol. The fourth-order valence-corrected chi connectivity index (χ4v) is 4.91. The molecule has 1 aliphatic heterocycles. The van der Waals surface area contributed by atoms with Crippen molar-refractivity contribution >= 4 is 34.2 Å². The van der Waals surface area contributed by atoms with E-state index in [1.54, 1.807) is 10.6 Å². The van der Waals surface area contributed by atoms with Crippen LogP contribution in [0.5, 0.6) is 0 Å². The first-order valence-corrected chi connectivity index (χ1v) is 13.2. The molecule has 1 aliphatic rings. The number of nitrogens with zero attached hydrogens (tertiary/aromatic N) is 3. The van der Waals surface area contributed by atoms with Gasteiger partial charge in [0, 0.05) is 62.7 Å². The van der Waals surface area contributed by atoms with Crippen LogP contribution >= 0.6 is 0 Å². The van der Waals surface area contributed by atoms with E-state index in [1.165, 1.54) is 19.1 Å². The van der Waals surface area contributed by atoms with Crippen LogP contribution in [0.1, 0.15) is 43.0 Å². The lowest BCUT2D eigenvalue weighted by Gasteiger charge is -2.36. The van der Waals surface area contributed by atoms with Gasteiger partial charge in [-0.15, -0.1) is 0 Å². The molecule has 0 saturated carbocycles. The van der Waals surface area contributed by atoms with Gasteiger partial charge in [-0.25, -0.2) is 4.98 Å². The highest BCUT2D eigenvalue weighted by Crippen LogP contribution is 2.42. The van der Waals surface area contributed by atoms with Gasteiger partial charge >= 0.3 is 0 Å². The Morgan fingerprint density at radius 1 is 1.23 bits per heavy atom. The van der Waals surface area contributed by atoms with Crippen molar-refractivity contribution in [1.29, 1.82) is 0 Å². The smallest absolute Gasteiger partial charge is 0.287 e. The zero-order chi connectivity index (χ0) is 28.6. The Morgan fingerprint density at radius 2 is 2.02 bits per heavy atom. The fraction of sp³-hybridized carbons (Fsp3) is 0.393. The predicted octanol–water partition coefficient (Wildman–Crippen LogP) is 3.58. The quantitative estimate of drug-likeness (QED) is 0.174. The number of benzene rings is 1. The van der Waals surface area contributed by atoms with Crippen molar-refractivity contribution < 1.29 is 29.1 Å². The summed E-state index contributed by atoms with van der Waals surface area (Å²) in [4.78, 5) is 39.8. The predicted molar refractivity (Wildman–Crippen MR) is 148 cm³/mol. The van der Waals surface area contributed by atoms with Crippen LogP contribution < -0.4 is 10.6 Å². The van der Waals surface area contributed by atoms with E-state index in [1.807, 2.05) is 37.4 Å². The Bertz CT molecular complexity index is 1390. The first-order valence-electron chi connectivity index (χ1n) is 13.2. The summed E-state index contributed by atoms with van der Waals surface area (Å²) in [5.41, 5.74) is 1.54. The molecule has 212 valence electrons. The average Bonchev–Trinajstić information content (AvgIpc) is 3.34. The maximum absolute atomic E-state index is 13.2. The van der Waals surface area contributed by atoms with Gasteiger partial charge in [-0.2, -0.15) is 0 Å². The second kappa shape index (κ2) is 13.2. The van der Waals surface area contributed by atoms with E-state index >= 15 is 0 Å². The number of pyridine rings is 1. The van der Waals surface area contributed by atoms with Crippen LogP contribution in [0.25, 0.3) is 10.9 Å². The van der Waals surface area contributed by atoms with E-state index in [2.05, 4.69) is 15.6 Å². The summed E-state index contributed by atoms with van der Waals surface area (Å²) in [5.74, 6) is -0.519. The van der Waals surface area contributed by atoms with Crippen LogP contribution in [0, 0.1) is 16.0 Å². The van der Waals surface area contributed by atoms with Crippen LogP contribution in [-0.4, -0.2) is 64.0 Å². The Hall–Kier alpha value is -4.29. The van der Waals surface area contributed by atoms with Gasteiger partial charge in [0.15, 0.2) is 5.76 Å². The summed E-state index contributed by atoms with van der Waals surface area (Å²) >= 11 is 0. The molecule has 1 amide bonds. The number of carbonyl (C=O) groups excluding carboxylic acids is 2. The molecule has 2 aromatic heterocycles. The molecule has 0 radical (unpaired) electrons. The van der Waals surface area contributed by atoms with Crippen molar-refractivity contribution in [3.63, 3.8) is 0 Å². The molecular weight excluding hydrogens is 518 g/mol. The van der Waals surface area contributed by atoms with Crippen LogP contribution in [0.2, 0.25) is 0 Å². The number of amides is 1. The number of ether oxygens (including phenoxy) is 2. The number of nitrogens with one attached hydrogen (secondary N) is 2. The average molecular weight is 552 g/mol. The van der Waals surface area contributed by atoms with Gasteiger partial charge in [-0.05, 0) is 43.5 Å². The van der Waals surface area contributed by atoms with Crippen molar-refractivity contribution in [3.8, 4) is 0 Å². The van der Waals surface area contributed by atoms with Gasteiger partial charge in [0.25, 0.3) is 11.6 Å². The molecule has 3 N–H and O–H groups in total. The second-order valence-electron chi connectivity index (χ2n) is 9.36. The highest BCUT2D eigenvalue weighted by Gasteiger charge is 2.39. The SMILES string of the molecule is CCO[C@@H]1OC(C(=O)NCCNc2ccc([N+](=O)[O-])cn2)=C[C@H](c2cn(C(C)=O)c3ccccc23)[C@H]1CCCO. The highest BCUT2D eigenvalue weighted by molar-refractivity contribution is 5.95. The van der Waals surface area contributed by atoms with Crippen LogP contribution in [0.15, 0.2) is 60.6 Å². The molecule has 1 aromatic carbocycles. The van der Waals surface area contributed by atoms with E-state index in [0.29, 0.717) is 31.8 Å². The van der Waals surface area contributed by atoms with Crippen LogP contribution in [-0.2, 0) is 14.3 Å². The van der Waals surface area contributed by atoms with Crippen molar-refractivity contribution in [1.82, 2.24) is 14.9 Å². The van der Waals surface area contributed by atoms with Gasteiger partial charge in [0.1, 0.15) is 12.0 Å². The number of rotatable bonds is 12. The lowest BCUT2D eigenvalue weighted by atomic mass is 9.80. The minimum Gasteiger partial charge on any atom is -0.459 e. The number of hydrogen-bond acceptors (Lipinski definition) is 9. The third-order valence-electron chi connectivity index (χ3n) is 6.75. The fourth-order valence-electron chi connectivity index (χ4n) is 4.91. The number of hydrogen-bond donors (Lipinski definition) is 3. The number of para-hydroxylation sites is 1. The summed E-state index contributed by atoms with van der Waals surface area (Å²) in [7, 11) is 0. The van der Waals surface area contributed by atoms with Crippen molar-refractivity contribution in [2.75, 3.05) is 31.6 Å². The highest BCUT2D eigenvalue weighted by atomic mass is 16.7. The Labute approximate surface area is 231 Å². The molecule has 4 rings (SSSR count). The molecule has 3 heterocycles. The number of aromatic nitrogens is 2. The summed E-state index contributed by atoms with van der Waals surface area (Å²) in [6, 6.07) is 10.4. The molecule has 0 spiro atoms. The van der Waals surface area contributed by atoms with Gasteiger partial charge in [-0.1, -0.05) is 18.2 Å². The number of aliphatic hydroxyl groups is 1. The summed E-state index contributed by atoms with van der Waals surface area (Å²) in [5, 5.41) is 27.1. The molecule has 0 aliphatic carbocycles. The lowest BCUT2D eigenvalue weighted by Crippen LogP contribution is -2.39. The second-order valence-corrected chi connectivity index (χ2v) is 9.36. The maximum atomic E-state index is 13.2. The molecule has 0 fully saturated rings. The molecule has 12 heteroatoms. The minimum atomic E-state index is -0.728. The molecular formula is C28H33N5O7. The van der Waals surface area contributed by atoms with Crippen molar-refractivity contribution in [2.45, 2.75) is 38.9 Å². The van der Waals surface area contributed by atoms with E-state index in [0.717, 1.165) is 22.7 Å². The summed E-state index contributed by atoms with van der Waals surface area (Å²) in [6.45, 7) is 4.28. The van der Waals surface area contributed by atoms with Crippen LogP contribution in [0.4, 0.5) is 11.5 Å². The third kappa shape index (κ3) is 6.46. The van der Waals surface area contributed by atoms with E-state index in [4.69, 9.17) is 9.47 Å². The van der Waals surface area contributed by atoms with Crippen LogP contribution in [0.3, 0.4) is 0 Å². The van der Waals surface area contributed by atoms with Gasteiger partial charge in [-0.3, -0.25) is 24.3 Å².